The Morgan fingerprint density at radius 1 is 1.03 bits per heavy atom. The summed E-state index contributed by atoms with van der Waals surface area (Å²) in [5.74, 6) is -1.57. The smallest absolute Gasteiger partial charge is 0.408 e. The highest BCUT2D eigenvalue weighted by atomic mass is 16.6. The van der Waals surface area contributed by atoms with E-state index in [2.05, 4.69) is 10.6 Å². The first-order valence-corrected chi connectivity index (χ1v) is 10.5. The van der Waals surface area contributed by atoms with Crippen molar-refractivity contribution in [2.75, 3.05) is 26.2 Å². The Labute approximate surface area is 186 Å². The molecule has 0 radical (unpaired) electrons. The third-order valence-electron chi connectivity index (χ3n) is 5.18. The number of likely N-dealkylation sites (tertiary alicyclic amines) is 1. The summed E-state index contributed by atoms with van der Waals surface area (Å²) in [5, 5.41) is 5.23. The molecule has 2 aliphatic heterocycles. The predicted octanol–water partition coefficient (Wildman–Crippen LogP) is 0.915. The Morgan fingerprint density at radius 2 is 1.59 bits per heavy atom. The minimum Gasteiger partial charge on any atom is -0.444 e. The fourth-order valence-corrected chi connectivity index (χ4v) is 3.64. The predicted molar refractivity (Wildman–Crippen MR) is 114 cm³/mol. The number of rotatable bonds is 5. The highest BCUT2D eigenvalue weighted by Crippen LogP contribution is 2.22. The average Bonchev–Trinajstić information content (AvgIpc) is 2.97. The molecule has 0 saturated carbocycles. The van der Waals surface area contributed by atoms with Crippen LogP contribution in [-0.4, -0.2) is 77.3 Å². The first-order valence-electron chi connectivity index (χ1n) is 10.5. The third-order valence-corrected chi connectivity index (χ3v) is 5.18. The normalized spacial score (nSPS) is 16.6. The van der Waals surface area contributed by atoms with Gasteiger partial charge in [-0.3, -0.25) is 24.1 Å². The van der Waals surface area contributed by atoms with Crippen LogP contribution in [0, 0.1) is 0 Å². The highest BCUT2D eigenvalue weighted by Gasteiger charge is 2.37. The summed E-state index contributed by atoms with van der Waals surface area (Å²) < 4.78 is 5.08. The quantitative estimate of drug-likeness (QED) is 0.651. The number of carbonyl (C=O) groups is 5. The van der Waals surface area contributed by atoms with E-state index in [0.717, 1.165) is 4.90 Å². The fraction of sp³-hybridized carbons (Fsp3) is 0.500. The van der Waals surface area contributed by atoms with Crippen LogP contribution >= 0.6 is 0 Å². The second-order valence-corrected chi connectivity index (χ2v) is 8.82. The maximum atomic E-state index is 12.6. The van der Waals surface area contributed by atoms with Gasteiger partial charge in [-0.25, -0.2) is 4.79 Å². The molecule has 1 aromatic carbocycles. The number of hydrogen-bond acceptors (Lipinski definition) is 6. The minimum absolute atomic E-state index is 0.133. The lowest BCUT2D eigenvalue weighted by Crippen LogP contribution is -2.51. The van der Waals surface area contributed by atoms with Crippen molar-refractivity contribution < 1.29 is 28.7 Å². The number of nitrogens with one attached hydrogen (secondary N) is 2. The molecule has 32 heavy (non-hydrogen) atoms. The van der Waals surface area contributed by atoms with Crippen molar-refractivity contribution in [3.05, 3.63) is 35.4 Å². The molecular formula is C22H28N4O6. The van der Waals surface area contributed by atoms with E-state index in [4.69, 9.17) is 4.74 Å². The number of alkyl carbamates (subject to hydrolysis) is 1. The molecule has 1 saturated heterocycles. The second kappa shape index (κ2) is 9.37. The molecule has 3 rings (SSSR count). The van der Waals surface area contributed by atoms with Crippen LogP contribution in [0.4, 0.5) is 4.79 Å². The molecule has 0 aliphatic carbocycles. The summed E-state index contributed by atoms with van der Waals surface area (Å²) >= 11 is 0. The first kappa shape index (κ1) is 23.2. The first-order chi connectivity index (χ1) is 15.0. The number of piperidine rings is 1. The highest BCUT2D eigenvalue weighted by molar-refractivity contribution is 6.22. The number of fused-ring (bicyclic) bond motifs is 1. The number of nitrogens with zero attached hydrogens (tertiary/aromatic N) is 2. The lowest BCUT2D eigenvalue weighted by molar-refractivity contribution is -0.132. The van der Waals surface area contributed by atoms with Crippen molar-refractivity contribution in [2.45, 2.75) is 45.3 Å². The van der Waals surface area contributed by atoms with Crippen LogP contribution < -0.4 is 10.6 Å². The van der Waals surface area contributed by atoms with Gasteiger partial charge in [-0.15, -0.1) is 0 Å². The molecule has 0 aromatic heterocycles. The Bertz CT molecular complexity index is 896. The van der Waals surface area contributed by atoms with Crippen molar-refractivity contribution in [1.29, 1.82) is 0 Å². The van der Waals surface area contributed by atoms with Gasteiger partial charge in [-0.1, -0.05) is 12.1 Å². The van der Waals surface area contributed by atoms with E-state index >= 15 is 0 Å². The zero-order chi connectivity index (χ0) is 23.5. The molecule has 0 bridgehead atoms. The van der Waals surface area contributed by atoms with Crippen LogP contribution in [0.25, 0.3) is 0 Å². The van der Waals surface area contributed by atoms with Gasteiger partial charge in [0.1, 0.15) is 18.7 Å². The zero-order valence-electron chi connectivity index (χ0n) is 18.5. The van der Waals surface area contributed by atoms with Gasteiger partial charge in [-0.2, -0.15) is 0 Å². The lowest BCUT2D eigenvalue weighted by Gasteiger charge is -2.33. The summed E-state index contributed by atoms with van der Waals surface area (Å²) in [6.45, 7) is 5.48. The Morgan fingerprint density at radius 3 is 2.12 bits per heavy atom. The summed E-state index contributed by atoms with van der Waals surface area (Å²) in [7, 11) is 0. The second-order valence-electron chi connectivity index (χ2n) is 8.82. The number of imide groups is 1. The molecule has 0 atom stereocenters. The van der Waals surface area contributed by atoms with E-state index in [1.165, 1.54) is 0 Å². The van der Waals surface area contributed by atoms with Crippen molar-refractivity contribution in [3.63, 3.8) is 0 Å². The van der Waals surface area contributed by atoms with Crippen LogP contribution in [0.5, 0.6) is 0 Å². The van der Waals surface area contributed by atoms with Gasteiger partial charge in [0, 0.05) is 19.1 Å². The Balaban J connectivity index is 1.41. The largest absolute Gasteiger partial charge is 0.444 e. The zero-order valence-corrected chi connectivity index (χ0v) is 18.5. The number of amides is 5. The summed E-state index contributed by atoms with van der Waals surface area (Å²) in [6.07, 6.45) is 0.402. The molecule has 2 aliphatic rings. The Hall–Kier alpha value is -3.43. The third kappa shape index (κ3) is 5.63. The maximum absolute atomic E-state index is 12.6. The fourth-order valence-electron chi connectivity index (χ4n) is 3.64. The van der Waals surface area contributed by atoms with Gasteiger partial charge in [0.05, 0.1) is 11.1 Å². The number of hydrogen-bond donors (Lipinski definition) is 2. The van der Waals surface area contributed by atoms with Gasteiger partial charge in [0.2, 0.25) is 11.8 Å². The molecule has 2 heterocycles. The Kier molecular flexibility index (Phi) is 6.81. The van der Waals surface area contributed by atoms with Crippen LogP contribution in [0.2, 0.25) is 0 Å². The summed E-state index contributed by atoms with van der Waals surface area (Å²) in [5.41, 5.74) is -0.0223. The van der Waals surface area contributed by atoms with E-state index < -0.39 is 23.5 Å². The molecule has 0 spiro atoms. The van der Waals surface area contributed by atoms with Crippen molar-refractivity contribution in [2.24, 2.45) is 0 Å². The van der Waals surface area contributed by atoms with E-state index in [0.29, 0.717) is 37.1 Å². The molecule has 172 valence electrons. The van der Waals surface area contributed by atoms with Crippen molar-refractivity contribution in [1.82, 2.24) is 20.4 Å². The topological polar surface area (TPSA) is 125 Å². The van der Waals surface area contributed by atoms with Crippen LogP contribution in [-0.2, 0) is 14.3 Å². The average molecular weight is 444 g/mol. The molecule has 1 fully saturated rings. The minimum atomic E-state index is -0.666. The number of carbonyl (C=O) groups excluding carboxylic acids is 5. The van der Waals surface area contributed by atoms with Crippen LogP contribution in [0.3, 0.4) is 0 Å². The SMILES string of the molecule is CC(C)(C)OC(=O)NCC(=O)NC1CCN(C(=O)CN2C(=O)c3ccccc3C2=O)CC1. The number of ether oxygens (including phenoxy) is 1. The van der Waals surface area contributed by atoms with Crippen molar-refractivity contribution >= 4 is 29.7 Å². The van der Waals surface area contributed by atoms with Crippen LogP contribution in [0.1, 0.15) is 54.3 Å². The monoisotopic (exact) mass is 444 g/mol. The summed E-state index contributed by atoms with van der Waals surface area (Å²) in [4.78, 5) is 63.8. The molecule has 10 nitrogen and oxygen atoms in total. The van der Waals surface area contributed by atoms with Gasteiger partial charge < -0.3 is 20.3 Å². The molecule has 0 unspecified atom stereocenters. The van der Waals surface area contributed by atoms with E-state index in [-0.39, 0.29) is 30.9 Å². The number of benzene rings is 1. The van der Waals surface area contributed by atoms with E-state index in [9.17, 15) is 24.0 Å². The lowest BCUT2D eigenvalue weighted by atomic mass is 10.0. The molecule has 2 N–H and O–H groups in total. The summed E-state index contributed by atoms with van der Waals surface area (Å²) in [6, 6.07) is 6.37. The molecule has 10 heteroatoms. The van der Waals surface area contributed by atoms with Gasteiger partial charge in [0.15, 0.2) is 0 Å². The van der Waals surface area contributed by atoms with E-state index in [1.807, 2.05) is 0 Å². The van der Waals surface area contributed by atoms with Crippen LogP contribution in [0.15, 0.2) is 24.3 Å². The van der Waals surface area contributed by atoms with E-state index in [1.54, 1.807) is 49.9 Å². The maximum Gasteiger partial charge on any atom is 0.408 e. The van der Waals surface area contributed by atoms with Crippen molar-refractivity contribution in [3.8, 4) is 0 Å². The standard InChI is InChI=1S/C22H28N4O6/c1-22(2,3)32-21(31)23-12-17(27)24-14-8-10-25(11-9-14)18(28)13-26-19(29)15-6-4-5-7-16(15)20(26)30/h4-7,14H,8-13H2,1-3H3,(H,23,31)(H,24,27). The van der Waals surface area contributed by atoms with Gasteiger partial charge in [-0.05, 0) is 45.7 Å². The van der Waals surface area contributed by atoms with Gasteiger partial charge >= 0.3 is 6.09 Å². The molecular weight excluding hydrogens is 416 g/mol. The van der Waals surface area contributed by atoms with Gasteiger partial charge in [0.25, 0.3) is 11.8 Å². The molecule has 1 aromatic rings. The molecule has 5 amide bonds.